The first-order valence-electron chi connectivity index (χ1n) is 8.18. The standard InChI is InChI=1S/C19H19N3O3/c1-12-7-8-16-14(11-12)19(18(24)20-16)21-15-6-4-3-5-13(15)17(23)22(19)9-10-25-2/h3-8,11,21H,9-10H2,1-2H3,(H,20,24). The predicted octanol–water partition coefficient (Wildman–Crippen LogP) is 2.31. The number of ether oxygens (including phenoxy) is 1. The lowest BCUT2D eigenvalue weighted by molar-refractivity contribution is -0.125. The van der Waals surface area contributed by atoms with Crippen LogP contribution in [0.1, 0.15) is 21.5 Å². The van der Waals surface area contributed by atoms with Gasteiger partial charge in [-0.1, -0.05) is 23.8 Å². The first-order chi connectivity index (χ1) is 12.1. The molecule has 6 nitrogen and oxygen atoms in total. The number of nitrogens with one attached hydrogen (secondary N) is 2. The minimum atomic E-state index is -1.26. The summed E-state index contributed by atoms with van der Waals surface area (Å²) in [5.74, 6) is -0.442. The van der Waals surface area contributed by atoms with Crippen molar-refractivity contribution in [1.82, 2.24) is 4.90 Å². The first-order valence-corrected chi connectivity index (χ1v) is 8.18. The summed E-state index contributed by atoms with van der Waals surface area (Å²) in [5, 5.41) is 6.24. The summed E-state index contributed by atoms with van der Waals surface area (Å²) >= 11 is 0. The van der Waals surface area contributed by atoms with Crippen LogP contribution < -0.4 is 10.6 Å². The molecule has 0 saturated carbocycles. The number of fused-ring (bicyclic) bond motifs is 3. The topological polar surface area (TPSA) is 70.7 Å². The Morgan fingerprint density at radius 3 is 2.72 bits per heavy atom. The van der Waals surface area contributed by atoms with E-state index in [1.54, 1.807) is 18.1 Å². The Kier molecular flexibility index (Phi) is 3.51. The Bertz CT molecular complexity index is 880. The monoisotopic (exact) mass is 337 g/mol. The Morgan fingerprint density at radius 1 is 1.12 bits per heavy atom. The number of anilines is 2. The molecule has 0 saturated heterocycles. The van der Waals surface area contributed by atoms with Crippen molar-refractivity contribution in [2.45, 2.75) is 12.6 Å². The summed E-state index contributed by atoms with van der Waals surface area (Å²) in [7, 11) is 1.58. The summed E-state index contributed by atoms with van der Waals surface area (Å²) < 4.78 is 5.18. The Morgan fingerprint density at radius 2 is 1.92 bits per heavy atom. The van der Waals surface area contributed by atoms with Crippen LogP contribution in [0.3, 0.4) is 0 Å². The lowest BCUT2D eigenvalue weighted by Gasteiger charge is -2.44. The SMILES string of the molecule is COCCN1C(=O)c2ccccc2NC12C(=O)Nc1ccc(C)cc12. The smallest absolute Gasteiger partial charge is 0.276 e. The van der Waals surface area contributed by atoms with Crippen LogP contribution in [-0.4, -0.2) is 37.0 Å². The molecule has 1 unspecified atom stereocenters. The van der Waals surface area contributed by atoms with E-state index in [0.717, 1.165) is 16.8 Å². The van der Waals surface area contributed by atoms with Crippen molar-refractivity contribution < 1.29 is 14.3 Å². The van der Waals surface area contributed by atoms with Crippen LogP contribution in [0.15, 0.2) is 42.5 Å². The fourth-order valence-corrected chi connectivity index (χ4v) is 3.58. The summed E-state index contributed by atoms with van der Waals surface area (Å²) in [4.78, 5) is 27.8. The number of aryl methyl sites for hydroxylation is 1. The number of rotatable bonds is 3. The molecular weight excluding hydrogens is 318 g/mol. The van der Waals surface area contributed by atoms with Crippen LogP contribution in [0.25, 0.3) is 0 Å². The van der Waals surface area contributed by atoms with E-state index in [4.69, 9.17) is 4.74 Å². The van der Waals surface area contributed by atoms with Crippen molar-refractivity contribution in [2.24, 2.45) is 0 Å². The zero-order valence-corrected chi connectivity index (χ0v) is 14.1. The average molecular weight is 337 g/mol. The number of nitrogens with zero attached hydrogens (tertiary/aromatic N) is 1. The minimum absolute atomic E-state index is 0.184. The van der Waals surface area contributed by atoms with Gasteiger partial charge in [-0.2, -0.15) is 0 Å². The minimum Gasteiger partial charge on any atom is -0.383 e. The van der Waals surface area contributed by atoms with Gasteiger partial charge in [0.15, 0.2) is 0 Å². The molecule has 0 fully saturated rings. The molecule has 1 spiro atoms. The third-order valence-corrected chi connectivity index (χ3v) is 4.78. The molecule has 4 rings (SSSR count). The van der Waals surface area contributed by atoms with Crippen LogP contribution in [0.5, 0.6) is 0 Å². The van der Waals surface area contributed by atoms with Gasteiger partial charge >= 0.3 is 0 Å². The van der Waals surface area contributed by atoms with Crippen molar-refractivity contribution in [1.29, 1.82) is 0 Å². The van der Waals surface area contributed by atoms with Crippen molar-refractivity contribution in [3.8, 4) is 0 Å². The van der Waals surface area contributed by atoms with Crippen molar-refractivity contribution in [3.05, 3.63) is 59.2 Å². The molecule has 2 aliphatic heterocycles. The zero-order chi connectivity index (χ0) is 17.6. The highest BCUT2D eigenvalue weighted by atomic mass is 16.5. The fraction of sp³-hybridized carbons (Fsp3) is 0.263. The van der Waals surface area contributed by atoms with Crippen molar-refractivity contribution in [3.63, 3.8) is 0 Å². The molecule has 2 aromatic carbocycles. The van der Waals surface area contributed by atoms with Crippen LogP contribution >= 0.6 is 0 Å². The highest BCUT2D eigenvalue weighted by Gasteiger charge is 2.56. The predicted molar refractivity (Wildman–Crippen MR) is 94.5 cm³/mol. The highest BCUT2D eigenvalue weighted by molar-refractivity contribution is 6.14. The molecular formula is C19H19N3O3. The van der Waals surface area contributed by atoms with E-state index in [2.05, 4.69) is 10.6 Å². The molecule has 0 aromatic heterocycles. The summed E-state index contributed by atoms with van der Waals surface area (Å²) in [6.07, 6.45) is 0. The molecule has 2 aromatic rings. The van der Waals surface area contributed by atoms with Crippen LogP contribution in [-0.2, 0) is 15.2 Å². The van der Waals surface area contributed by atoms with Gasteiger partial charge in [0.1, 0.15) is 0 Å². The first kappa shape index (κ1) is 15.7. The zero-order valence-electron chi connectivity index (χ0n) is 14.1. The molecule has 25 heavy (non-hydrogen) atoms. The second-order valence-electron chi connectivity index (χ2n) is 6.33. The normalized spacial score (nSPS) is 21.0. The maximum Gasteiger partial charge on any atom is 0.276 e. The van der Waals surface area contributed by atoms with Gasteiger partial charge in [0.25, 0.3) is 11.8 Å². The molecule has 6 heteroatoms. The quantitative estimate of drug-likeness (QED) is 0.902. The molecule has 2 amide bonds. The second-order valence-corrected chi connectivity index (χ2v) is 6.33. The molecule has 1 atom stereocenters. The summed E-state index contributed by atoms with van der Waals surface area (Å²) in [6, 6.07) is 13.0. The number of carbonyl (C=O) groups excluding carboxylic acids is 2. The Hall–Kier alpha value is -2.86. The van der Waals surface area contributed by atoms with Gasteiger partial charge in [-0.25, -0.2) is 0 Å². The third kappa shape index (κ3) is 2.14. The average Bonchev–Trinajstić information content (AvgIpc) is 2.87. The molecule has 2 aliphatic rings. The van der Waals surface area contributed by atoms with Crippen LogP contribution in [0.2, 0.25) is 0 Å². The fourth-order valence-electron chi connectivity index (χ4n) is 3.58. The van der Waals surface area contributed by atoms with Gasteiger partial charge < -0.3 is 20.3 Å². The number of benzene rings is 2. The Labute approximate surface area is 145 Å². The second kappa shape index (κ2) is 5.60. The number of methoxy groups -OCH3 is 1. The molecule has 0 aliphatic carbocycles. The number of hydrogen-bond donors (Lipinski definition) is 2. The van der Waals surface area contributed by atoms with E-state index in [1.807, 2.05) is 43.3 Å². The molecule has 2 N–H and O–H groups in total. The molecule has 0 radical (unpaired) electrons. The van der Waals surface area contributed by atoms with Crippen molar-refractivity contribution >= 4 is 23.2 Å². The maximum atomic E-state index is 13.2. The van der Waals surface area contributed by atoms with Gasteiger partial charge in [0.05, 0.1) is 12.2 Å². The number of amides is 2. The van der Waals surface area contributed by atoms with E-state index in [-0.39, 0.29) is 11.8 Å². The van der Waals surface area contributed by atoms with Gasteiger partial charge in [-0.3, -0.25) is 9.59 Å². The summed E-state index contributed by atoms with van der Waals surface area (Å²) in [5.41, 5.74) is 2.46. The van der Waals surface area contributed by atoms with E-state index in [9.17, 15) is 9.59 Å². The van der Waals surface area contributed by atoms with Gasteiger partial charge in [0.2, 0.25) is 5.66 Å². The maximum absolute atomic E-state index is 13.2. The summed E-state index contributed by atoms with van der Waals surface area (Å²) in [6.45, 7) is 2.61. The number of para-hydroxylation sites is 1. The number of carbonyl (C=O) groups is 2. The van der Waals surface area contributed by atoms with Gasteiger partial charge in [-0.15, -0.1) is 0 Å². The van der Waals surface area contributed by atoms with Gasteiger partial charge in [0, 0.05) is 30.6 Å². The van der Waals surface area contributed by atoms with Gasteiger partial charge in [-0.05, 0) is 31.2 Å². The van der Waals surface area contributed by atoms with Crippen molar-refractivity contribution in [2.75, 3.05) is 30.9 Å². The van der Waals surface area contributed by atoms with E-state index < -0.39 is 5.66 Å². The van der Waals surface area contributed by atoms with E-state index in [0.29, 0.717) is 24.4 Å². The largest absolute Gasteiger partial charge is 0.383 e. The van der Waals surface area contributed by atoms with E-state index in [1.165, 1.54) is 0 Å². The van der Waals surface area contributed by atoms with Crippen LogP contribution in [0, 0.1) is 6.92 Å². The highest BCUT2D eigenvalue weighted by Crippen LogP contribution is 2.45. The molecule has 2 heterocycles. The lowest BCUT2D eigenvalue weighted by atomic mass is 9.92. The molecule has 0 bridgehead atoms. The van der Waals surface area contributed by atoms with Crippen LogP contribution in [0.4, 0.5) is 11.4 Å². The molecule has 128 valence electrons. The number of hydrogen-bond acceptors (Lipinski definition) is 4. The Balaban J connectivity index is 1.94. The lowest BCUT2D eigenvalue weighted by Crippen LogP contribution is -2.62. The third-order valence-electron chi connectivity index (χ3n) is 4.78. The van der Waals surface area contributed by atoms with E-state index >= 15 is 0 Å².